The number of benzene rings is 2. The van der Waals surface area contributed by atoms with Crippen molar-refractivity contribution in [3.8, 4) is 5.75 Å². The largest absolute Gasteiger partial charge is 0.497 e. The van der Waals surface area contributed by atoms with Crippen molar-refractivity contribution in [2.75, 3.05) is 25.2 Å². The van der Waals surface area contributed by atoms with Crippen LogP contribution in [0.15, 0.2) is 53.5 Å². The molecule has 164 valence electrons. The van der Waals surface area contributed by atoms with E-state index in [1.165, 1.54) is 11.8 Å². The first kappa shape index (κ1) is 21.9. The Labute approximate surface area is 187 Å². The van der Waals surface area contributed by atoms with Gasteiger partial charge in [-0.15, -0.1) is 0 Å². The van der Waals surface area contributed by atoms with Crippen LogP contribution in [0.4, 0.5) is 0 Å². The van der Waals surface area contributed by atoms with Gasteiger partial charge in [-0.25, -0.2) is 8.42 Å². The topological polar surface area (TPSA) is 76.0 Å². The van der Waals surface area contributed by atoms with Crippen LogP contribution in [0.2, 0.25) is 0 Å². The Morgan fingerprint density at radius 1 is 1.16 bits per heavy atom. The highest BCUT2D eigenvalue weighted by Gasteiger charge is 2.48. The van der Waals surface area contributed by atoms with Gasteiger partial charge >= 0.3 is 0 Å². The number of carbonyl (C=O) groups excluding carboxylic acids is 1. The van der Waals surface area contributed by atoms with Gasteiger partial charge in [0.15, 0.2) is 15.0 Å². The first-order chi connectivity index (χ1) is 14.8. The van der Waals surface area contributed by atoms with E-state index in [0.717, 1.165) is 28.9 Å². The van der Waals surface area contributed by atoms with Gasteiger partial charge in [-0.3, -0.25) is 4.79 Å². The van der Waals surface area contributed by atoms with Gasteiger partial charge in [0.05, 0.1) is 31.1 Å². The number of hydrogen-bond acceptors (Lipinski definition) is 5. The number of fused-ring (bicyclic) bond motifs is 1. The summed E-state index contributed by atoms with van der Waals surface area (Å²) in [4.78, 5) is 19.1. The highest BCUT2D eigenvalue weighted by molar-refractivity contribution is 8.15. The van der Waals surface area contributed by atoms with Crippen LogP contribution in [0.5, 0.6) is 5.75 Å². The molecule has 2 heterocycles. The molecule has 1 amide bonds. The number of ether oxygens (including phenoxy) is 1. The molecule has 0 aliphatic carbocycles. The number of aryl methyl sites for hydroxylation is 1. The lowest BCUT2D eigenvalue weighted by atomic mass is 10.1. The van der Waals surface area contributed by atoms with Gasteiger partial charge in [-0.05, 0) is 36.6 Å². The SMILES string of the molecule is COc1ccc(CCN2C(=NC(=O)Cc3cccc(C)c3)S[C@@H]3CS(=O)(=O)C[C@H]32)cc1. The average molecular weight is 459 g/mol. The summed E-state index contributed by atoms with van der Waals surface area (Å²) in [6, 6.07) is 15.6. The van der Waals surface area contributed by atoms with Crippen LogP contribution in [-0.2, 0) is 27.5 Å². The van der Waals surface area contributed by atoms with E-state index in [2.05, 4.69) is 4.99 Å². The Morgan fingerprint density at radius 2 is 1.94 bits per heavy atom. The van der Waals surface area contributed by atoms with Crippen LogP contribution in [0, 0.1) is 6.92 Å². The summed E-state index contributed by atoms with van der Waals surface area (Å²) in [6.07, 6.45) is 0.977. The summed E-state index contributed by atoms with van der Waals surface area (Å²) in [7, 11) is -1.42. The molecule has 2 aromatic rings. The maximum absolute atomic E-state index is 12.7. The normalized spacial score (nSPS) is 23.2. The van der Waals surface area contributed by atoms with E-state index in [-0.39, 0.29) is 35.1 Å². The van der Waals surface area contributed by atoms with Crippen molar-refractivity contribution in [1.29, 1.82) is 0 Å². The van der Waals surface area contributed by atoms with Gasteiger partial charge in [-0.1, -0.05) is 53.7 Å². The van der Waals surface area contributed by atoms with E-state index in [0.29, 0.717) is 11.7 Å². The number of methoxy groups -OCH3 is 1. The zero-order valence-corrected chi connectivity index (χ0v) is 19.3. The van der Waals surface area contributed by atoms with Gasteiger partial charge in [-0.2, -0.15) is 4.99 Å². The first-order valence-corrected chi connectivity index (χ1v) is 13.0. The lowest BCUT2D eigenvalue weighted by Crippen LogP contribution is -2.39. The molecule has 0 saturated carbocycles. The molecule has 2 aliphatic heterocycles. The molecule has 0 spiro atoms. The number of hydrogen-bond donors (Lipinski definition) is 0. The van der Waals surface area contributed by atoms with Crippen molar-refractivity contribution < 1.29 is 17.9 Å². The van der Waals surface area contributed by atoms with E-state index >= 15 is 0 Å². The molecule has 0 bridgehead atoms. The molecule has 2 aromatic carbocycles. The van der Waals surface area contributed by atoms with Crippen molar-refractivity contribution in [1.82, 2.24) is 4.90 Å². The zero-order valence-electron chi connectivity index (χ0n) is 17.7. The summed E-state index contributed by atoms with van der Waals surface area (Å²) < 4.78 is 29.6. The summed E-state index contributed by atoms with van der Waals surface area (Å²) in [5, 5.41) is 0.586. The molecule has 0 aromatic heterocycles. The number of nitrogens with zero attached hydrogens (tertiary/aromatic N) is 2. The van der Waals surface area contributed by atoms with E-state index in [1.807, 2.05) is 60.4 Å². The molecule has 4 rings (SSSR count). The van der Waals surface area contributed by atoms with Crippen molar-refractivity contribution in [3.63, 3.8) is 0 Å². The molecule has 0 N–H and O–H groups in total. The second-order valence-corrected chi connectivity index (χ2v) is 11.4. The highest BCUT2D eigenvalue weighted by atomic mass is 32.2. The zero-order chi connectivity index (χ0) is 22.0. The number of thioether (sulfide) groups is 1. The minimum absolute atomic E-state index is 0.0635. The van der Waals surface area contributed by atoms with Crippen molar-refractivity contribution >= 4 is 32.7 Å². The summed E-state index contributed by atoms with van der Waals surface area (Å²) in [5.74, 6) is 0.863. The van der Waals surface area contributed by atoms with E-state index in [4.69, 9.17) is 4.74 Å². The maximum Gasteiger partial charge on any atom is 0.252 e. The molecule has 6 nitrogen and oxygen atoms in total. The number of aliphatic imine (C=N–C) groups is 1. The predicted octanol–water partition coefficient (Wildman–Crippen LogP) is 2.89. The Hall–Kier alpha value is -2.32. The van der Waals surface area contributed by atoms with Gasteiger partial charge in [0.25, 0.3) is 5.91 Å². The maximum atomic E-state index is 12.7. The quantitative estimate of drug-likeness (QED) is 0.663. The van der Waals surface area contributed by atoms with Crippen LogP contribution < -0.4 is 4.74 Å². The molecule has 0 radical (unpaired) electrons. The number of rotatable bonds is 6. The number of amidine groups is 1. The number of carbonyl (C=O) groups is 1. The smallest absolute Gasteiger partial charge is 0.252 e. The Bertz CT molecular complexity index is 1100. The molecule has 2 fully saturated rings. The first-order valence-electron chi connectivity index (χ1n) is 10.3. The Kier molecular flexibility index (Phi) is 6.39. The molecule has 8 heteroatoms. The molecule has 2 aliphatic rings. The van der Waals surface area contributed by atoms with Gasteiger partial charge in [0.2, 0.25) is 0 Å². The molecule has 2 saturated heterocycles. The molecule has 31 heavy (non-hydrogen) atoms. The number of amides is 1. The molecule has 0 unspecified atom stereocenters. The van der Waals surface area contributed by atoms with Crippen LogP contribution >= 0.6 is 11.8 Å². The second kappa shape index (κ2) is 9.04. The number of sulfone groups is 1. The minimum Gasteiger partial charge on any atom is -0.497 e. The minimum atomic E-state index is -3.05. The second-order valence-electron chi connectivity index (χ2n) is 8.05. The Morgan fingerprint density at radius 3 is 2.65 bits per heavy atom. The van der Waals surface area contributed by atoms with Gasteiger partial charge < -0.3 is 9.64 Å². The van der Waals surface area contributed by atoms with Crippen LogP contribution in [-0.4, -0.2) is 60.8 Å². The van der Waals surface area contributed by atoms with Crippen molar-refractivity contribution in [2.45, 2.75) is 31.1 Å². The standard InChI is InChI=1S/C23H26N2O4S2/c1-16-4-3-5-18(12-16)13-22(26)24-23-25(20-14-31(27,28)15-21(20)30-23)11-10-17-6-8-19(29-2)9-7-17/h3-9,12,20-21H,10-11,13-15H2,1-2H3/t20-,21-/m1/s1. The summed E-state index contributed by atoms with van der Waals surface area (Å²) in [5.41, 5.74) is 3.17. The fraction of sp³-hybridized carbons (Fsp3) is 0.391. The van der Waals surface area contributed by atoms with Crippen LogP contribution in [0.25, 0.3) is 0 Å². The van der Waals surface area contributed by atoms with Crippen LogP contribution in [0.3, 0.4) is 0 Å². The third kappa shape index (κ3) is 5.30. The molecular weight excluding hydrogens is 432 g/mol. The fourth-order valence-electron chi connectivity index (χ4n) is 4.08. The molecule has 2 atom stereocenters. The van der Waals surface area contributed by atoms with E-state index in [9.17, 15) is 13.2 Å². The third-order valence-electron chi connectivity index (χ3n) is 5.63. The highest BCUT2D eigenvalue weighted by Crippen LogP contribution is 2.38. The lowest BCUT2D eigenvalue weighted by Gasteiger charge is -2.24. The lowest BCUT2D eigenvalue weighted by molar-refractivity contribution is -0.117. The van der Waals surface area contributed by atoms with Crippen LogP contribution in [0.1, 0.15) is 16.7 Å². The van der Waals surface area contributed by atoms with Gasteiger partial charge in [0, 0.05) is 11.8 Å². The van der Waals surface area contributed by atoms with Crippen molar-refractivity contribution in [3.05, 3.63) is 65.2 Å². The predicted molar refractivity (Wildman–Crippen MR) is 125 cm³/mol. The average Bonchev–Trinajstić information content (AvgIpc) is 3.17. The van der Waals surface area contributed by atoms with Gasteiger partial charge in [0.1, 0.15) is 5.75 Å². The molecular formula is C23H26N2O4S2. The summed E-state index contributed by atoms with van der Waals surface area (Å²) in [6.45, 7) is 2.61. The fourth-order valence-corrected chi connectivity index (χ4v) is 8.08. The monoisotopic (exact) mass is 458 g/mol. The van der Waals surface area contributed by atoms with Crippen molar-refractivity contribution in [2.24, 2.45) is 4.99 Å². The van der Waals surface area contributed by atoms with E-state index in [1.54, 1.807) is 7.11 Å². The third-order valence-corrected chi connectivity index (χ3v) is 8.88. The Balaban J connectivity index is 1.50. The van der Waals surface area contributed by atoms with E-state index < -0.39 is 9.84 Å². The summed E-state index contributed by atoms with van der Waals surface area (Å²) >= 11 is 1.43.